The van der Waals surface area contributed by atoms with Crippen molar-refractivity contribution < 1.29 is 4.79 Å². The molecular weight excluding hydrogens is 176 g/mol. The summed E-state index contributed by atoms with van der Waals surface area (Å²) in [5.41, 5.74) is 9.56. The number of hydrogen-bond acceptors (Lipinski definition) is 1. The first-order valence-electron chi connectivity index (χ1n) is 4.53. The van der Waals surface area contributed by atoms with Gasteiger partial charge in [0.2, 0.25) is 0 Å². The maximum atomic E-state index is 10.7. The molecule has 0 fully saturated rings. The highest BCUT2D eigenvalue weighted by Gasteiger charge is 2.18. The van der Waals surface area contributed by atoms with Crippen LogP contribution in [0.3, 0.4) is 0 Å². The molecule has 3 heteroatoms. The number of carbonyl (C=O) groups excluding carboxylic acids is 1. The van der Waals surface area contributed by atoms with Crippen LogP contribution < -0.4 is 11.1 Å². The van der Waals surface area contributed by atoms with Crippen molar-refractivity contribution in [3.63, 3.8) is 0 Å². The van der Waals surface area contributed by atoms with Crippen molar-refractivity contribution in [1.29, 1.82) is 0 Å². The summed E-state index contributed by atoms with van der Waals surface area (Å²) in [5.74, 6) is 0. The molecule has 0 saturated heterocycles. The van der Waals surface area contributed by atoms with Crippen LogP contribution in [0.4, 0.5) is 4.79 Å². The minimum Gasteiger partial charge on any atom is -0.351 e. The van der Waals surface area contributed by atoms with Crippen LogP contribution in [0.1, 0.15) is 18.1 Å². The highest BCUT2D eigenvalue weighted by Crippen LogP contribution is 2.30. The molecule has 1 aliphatic carbocycles. The number of hydrogen-bond donors (Lipinski definition) is 2. The van der Waals surface area contributed by atoms with Gasteiger partial charge in [-0.2, -0.15) is 0 Å². The predicted octanol–water partition coefficient (Wildman–Crippen LogP) is 1.64. The van der Waals surface area contributed by atoms with Gasteiger partial charge in [-0.05, 0) is 23.6 Å². The Kier molecular flexibility index (Phi) is 2.00. The van der Waals surface area contributed by atoms with Crippen LogP contribution in [0.25, 0.3) is 5.57 Å². The van der Waals surface area contributed by atoms with Crippen LogP contribution in [0.2, 0.25) is 0 Å². The molecule has 0 spiro atoms. The Morgan fingerprint density at radius 2 is 2.14 bits per heavy atom. The number of fused-ring (bicyclic) bond motifs is 1. The highest BCUT2D eigenvalue weighted by atomic mass is 16.2. The molecule has 0 radical (unpaired) electrons. The fourth-order valence-electron chi connectivity index (χ4n) is 1.81. The summed E-state index contributed by atoms with van der Waals surface area (Å²) in [4.78, 5) is 10.7. The van der Waals surface area contributed by atoms with Gasteiger partial charge in [0.05, 0.1) is 0 Å². The second-order valence-corrected chi connectivity index (χ2v) is 3.43. The molecule has 3 nitrogen and oxygen atoms in total. The fourth-order valence-corrected chi connectivity index (χ4v) is 1.81. The van der Waals surface area contributed by atoms with E-state index in [1.807, 2.05) is 19.1 Å². The molecule has 0 bridgehead atoms. The topological polar surface area (TPSA) is 55.1 Å². The monoisotopic (exact) mass is 188 g/mol. The van der Waals surface area contributed by atoms with Gasteiger partial charge in [0.1, 0.15) is 0 Å². The molecule has 0 aromatic heterocycles. The summed E-state index contributed by atoms with van der Waals surface area (Å²) in [6.07, 6.45) is 0.769. The summed E-state index contributed by atoms with van der Waals surface area (Å²) in [5, 5.41) is 2.66. The number of rotatable bonds is 1. The molecule has 1 aromatic carbocycles. The first kappa shape index (κ1) is 8.81. The second-order valence-electron chi connectivity index (χ2n) is 3.43. The van der Waals surface area contributed by atoms with E-state index in [1.54, 1.807) is 0 Å². The number of benzene rings is 1. The van der Waals surface area contributed by atoms with Crippen molar-refractivity contribution in [1.82, 2.24) is 5.32 Å². The molecule has 0 heterocycles. The third-order valence-electron chi connectivity index (χ3n) is 2.52. The maximum absolute atomic E-state index is 10.7. The lowest BCUT2D eigenvalue weighted by Crippen LogP contribution is -2.29. The van der Waals surface area contributed by atoms with Crippen LogP contribution >= 0.6 is 0 Å². The second kappa shape index (κ2) is 3.18. The smallest absolute Gasteiger partial charge is 0.316 e. The number of nitrogens with two attached hydrogens (primary N) is 1. The Morgan fingerprint density at radius 3 is 2.79 bits per heavy atom. The van der Waals surface area contributed by atoms with E-state index in [1.165, 1.54) is 11.1 Å². The standard InChI is InChI=1S/C11H12N2O/c1-7-9-5-3-2-4-8(9)6-10(7)13-11(12)14/h2-5H,6H2,1H3,(H3,12,13,14). The van der Waals surface area contributed by atoms with Gasteiger partial charge in [-0.1, -0.05) is 24.3 Å². The Bertz CT molecular complexity index is 421. The molecule has 14 heavy (non-hydrogen) atoms. The zero-order chi connectivity index (χ0) is 10.1. The van der Waals surface area contributed by atoms with Gasteiger partial charge in [-0.25, -0.2) is 4.79 Å². The minimum absolute atomic E-state index is 0.493. The lowest BCUT2D eigenvalue weighted by molar-refractivity contribution is 0.251. The van der Waals surface area contributed by atoms with E-state index >= 15 is 0 Å². The van der Waals surface area contributed by atoms with Crippen molar-refractivity contribution in [2.24, 2.45) is 5.73 Å². The predicted molar refractivity (Wildman–Crippen MR) is 55.5 cm³/mol. The summed E-state index contributed by atoms with van der Waals surface area (Å²) in [6.45, 7) is 2.00. The van der Waals surface area contributed by atoms with Gasteiger partial charge in [0.15, 0.2) is 0 Å². The largest absolute Gasteiger partial charge is 0.351 e. The Hall–Kier alpha value is -1.77. The zero-order valence-corrected chi connectivity index (χ0v) is 8.00. The van der Waals surface area contributed by atoms with E-state index < -0.39 is 6.03 Å². The number of nitrogens with one attached hydrogen (secondary N) is 1. The number of allylic oxidation sites excluding steroid dienone is 2. The lowest BCUT2D eigenvalue weighted by atomic mass is 10.1. The lowest BCUT2D eigenvalue weighted by Gasteiger charge is -2.02. The van der Waals surface area contributed by atoms with E-state index in [2.05, 4.69) is 17.4 Å². The molecule has 2 rings (SSSR count). The summed E-state index contributed by atoms with van der Waals surface area (Å²) >= 11 is 0. The number of amides is 2. The molecule has 0 saturated carbocycles. The van der Waals surface area contributed by atoms with E-state index in [4.69, 9.17) is 5.73 Å². The summed E-state index contributed by atoms with van der Waals surface area (Å²) in [6, 6.07) is 7.62. The molecule has 0 atom stereocenters. The molecule has 0 aliphatic heterocycles. The molecule has 0 unspecified atom stereocenters. The van der Waals surface area contributed by atoms with E-state index in [9.17, 15) is 4.79 Å². The average Bonchev–Trinajstić information content (AvgIpc) is 2.44. The highest BCUT2D eigenvalue weighted by molar-refractivity contribution is 5.81. The van der Waals surface area contributed by atoms with E-state index in [-0.39, 0.29) is 0 Å². The molecule has 3 N–H and O–H groups in total. The van der Waals surface area contributed by atoms with Gasteiger partial charge in [0, 0.05) is 12.1 Å². The molecule has 1 aliphatic rings. The summed E-state index contributed by atoms with van der Waals surface area (Å²) < 4.78 is 0. The fraction of sp³-hybridized carbons (Fsp3) is 0.182. The van der Waals surface area contributed by atoms with Gasteiger partial charge in [-0.15, -0.1) is 0 Å². The van der Waals surface area contributed by atoms with E-state index in [0.717, 1.165) is 17.7 Å². The van der Waals surface area contributed by atoms with E-state index in [0.29, 0.717) is 0 Å². The first-order valence-corrected chi connectivity index (χ1v) is 4.53. The van der Waals surface area contributed by atoms with Crippen molar-refractivity contribution in [3.8, 4) is 0 Å². The van der Waals surface area contributed by atoms with Gasteiger partial charge >= 0.3 is 6.03 Å². The molecule has 72 valence electrons. The normalized spacial score (nSPS) is 14.1. The minimum atomic E-state index is -0.493. The quantitative estimate of drug-likeness (QED) is 0.691. The van der Waals surface area contributed by atoms with Crippen LogP contribution in [0, 0.1) is 0 Å². The van der Waals surface area contributed by atoms with Crippen molar-refractivity contribution >= 4 is 11.6 Å². The zero-order valence-electron chi connectivity index (χ0n) is 8.00. The van der Waals surface area contributed by atoms with Crippen molar-refractivity contribution in [2.45, 2.75) is 13.3 Å². The Labute approximate surface area is 82.6 Å². The maximum Gasteiger partial charge on any atom is 0.316 e. The average molecular weight is 188 g/mol. The number of urea groups is 1. The van der Waals surface area contributed by atoms with Gasteiger partial charge in [0.25, 0.3) is 0 Å². The van der Waals surface area contributed by atoms with Crippen molar-refractivity contribution in [2.75, 3.05) is 0 Å². The van der Waals surface area contributed by atoms with Crippen LogP contribution in [0.5, 0.6) is 0 Å². The molecular formula is C11H12N2O. The molecule has 1 aromatic rings. The number of carbonyl (C=O) groups is 1. The van der Waals surface area contributed by atoms with Crippen molar-refractivity contribution in [3.05, 3.63) is 41.1 Å². The van der Waals surface area contributed by atoms with Crippen LogP contribution in [0.15, 0.2) is 30.0 Å². The third kappa shape index (κ3) is 1.37. The van der Waals surface area contributed by atoms with Gasteiger partial charge in [-0.3, -0.25) is 0 Å². The third-order valence-corrected chi connectivity index (χ3v) is 2.52. The van der Waals surface area contributed by atoms with Crippen LogP contribution in [-0.4, -0.2) is 6.03 Å². The summed E-state index contributed by atoms with van der Waals surface area (Å²) in [7, 11) is 0. The number of primary amides is 1. The SMILES string of the molecule is CC1=C(NC(N)=O)Cc2ccccc21. The van der Waals surface area contributed by atoms with Gasteiger partial charge < -0.3 is 11.1 Å². The molecule has 2 amide bonds. The Morgan fingerprint density at radius 1 is 1.43 bits per heavy atom. The first-order chi connectivity index (χ1) is 6.68. The Balaban J connectivity index is 2.34. The van der Waals surface area contributed by atoms with Crippen LogP contribution in [-0.2, 0) is 6.42 Å².